The maximum atomic E-state index is 12.1. The highest BCUT2D eigenvalue weighted by Crippen LogP contribution is 2.56. The number of ether oxygens (including phenoxy) is 2. The zero-order chi connectivity index (χ0) is 17.4. The van der Waals surface area contributed by atoms with Crippen LogP contribution in [0.5, 0.6) is 0 Å². The van der Waals surface area contributed by atoms with Gasteiger partial charge in [0.1, 0.15) is 17.8 Å². The normalized spacial score (nSPS) is 29.9. The van der Waals surface area contributed by atoms with Crippen LogP contribution in [0.3, 0.4) is 0 Å². The Kier molecular flexibility index (Phi) is 4.34. The molecule has 1 aliphatic heterocycles. The monoisotopic (exact) mass is 333 g/mol. The lowest BCUT2D eigenvalue weighted by atomic mass is 9.75. The van der Waals surface area contributed by atoms with Crippen molar-refractivity contribution in [1.82, 2.24) is 0 Å². The van der Waals surface area contributed by atoms with Gasteiger partial charge in [0.15, 0.2) is 0 Å². The standard InChI is InChI=1S/C18H23NO5/c1-17(18(2,24-17)14-6-4-3-5-7-14)12-23-16(20)13-8-10-15(11-9-13)19(21)22/h8-11,14H,3-7,12H2,1-2H3/t17-,18-/m0/s1. The Bertz CT molecular complexity index is 637. The zero-order valence-corrected chi connectivity index (χ0v) is 14.1. The van der Waals surface area contributed by atoms with Crippen LogP contribution >= 0.6 is 0 Å². The van der Waals surface area contributed by atoms with Gasteiger partial charge in [-0.3, -0.25) is 10.1 Å². The Morgan fingerprint density at radius 1 is 1.25 bits per heavy atom. The molecule has 2 fully saturated rings. The molecule has 1 aliphatic carbocycles. The fraction of sp³-hybridized carbons (Fsp3) is 0.611. The minimum Gasteiger partial charge on any atom is -0.459 e. The zero-order valence-electron chi connectivity index (χ0n) is 14.1. The van der Waals surface area contributed by atoms with Gasteiger partial charge in [0, 0.05) is 12.1 Å². The minimum absolute atomic E-state index is 0.0473. The first-order valence-electron chi connectivity index (χ1n) is 8.47. The Hall–Kier alpha value is -1.95. The van der Waals surface area contributed by atoms with E-state index in [-0.39, 0.29) is 17.9 Å². The summed E-state index contributed by atoms with van der Waals surface area (Å²) in [6.45, 7) is 4.31. The summed E-state index contributed by atoms with van der Waals surface area (Å²) in [4.78, 5) is 22.3. The molecule has 6 heteroatoms. The van der Waals surface area contributed by atoms with E-state index >= 15 is 0 Å². The van der Waals surface area contributed by atoms with E-state index in [1.165, 1.54) is 56.4 Å². The van der Waals surface area contributed by atoms with Crippen molar-refractivity contribution in [3.05, 3.63) is 39.9 Å². The number of carbonyl (C=O) groups excluding carboxylic acids is 1. The highest BCUT2D eigenvalue weighted by molar-refractivity contribution is 5.89. The van der Waals surface area contributed by atoms with Crippen LogP contribution < -0.4 is 0 Å². The molecule has 0 spiro atoms. The van der Waals surface area contributed by atoms with Gasteiger partial charge < -0.3 is 9.47 Å². The average Bonchev–Trinajstić information content (AvgIpc) is 3.17. The maximum Gasteiger partial charge on any atom is 0.338 e. The summed E-state index contributed by atoms with van der Waals surface area (Å²) < 4.78 is 11.4. The number of epoxide rings is 1. The Labute approximate surface area is 141 Å². The first-order valence-corrected chi connectivity index (χ1v) is 8.47. The fourth-order valence-corrected chi connectivity index (χ4v) is 3.79. The van der Waals surface area contributed by atoms with Gasteiger partial charge in [0.05, 0.1) is 10.5 Å². The van der Waals surface area contributed by atoms with E-state index < -0.39 is 16.5 Å². The molecule has 0 unspecified atom stereocenters. The molecule has 1 aromatic carbocycles. The molecule has 6 nitrogen and oxygen atoms in total. The molecule has 1 saturated heterocycles. The van der Waals surface area contributed by atoms with Crippen LogP contribution in [0.2, 0.25) is 0 Å². The van der Waals surface area contributed by atoms with Gasteiger partial charge in [0.2, 0.25) is 0 Å². The number of nitro benzene ring substituents is 1. The van der Waals surface area contributed by atoms with Gasteiger partial charge in [0.25, 0.3) is 5.69 Å². The maximum absolute atomic E-state index is 12.1. The quantitative estimate of drug-likeness (QED) is 0.353. The summed E-state index contributed by atoms with van der Waals surface area (Å²) >= 11 is 0. The molecular weight excluding hydrogens is 310 g/mol. The van der Waals surface area contributed by atoms with Crippen LogP contribution in [0, 0.1) is 16.0 Å². The molecule has 2 aliphatic rings. The van der Waals surface area contributed by atoms with Crippen molar-refractivity contribution in [3.63, 3.8) is 0 Å². The summed E-state index contributed by atoms with van der Waals surface area (Å²) in [7, 11) is 0. The minimum atomic E-state index is -0.496. The molecule has 0 aromatic heterocycles. The third kappa shape index (κ3) is 3.02. The number of nitrogens with zero attached hydrogens (tertiary/aromatic N) is 1. The molecule has 1 saturated carbocycles. The summed E-state index contributed by atoms with van der Waals surface area (Å²) in [6, 6.07) is 5.43. The molecule has 0 N–H and O–H groups in total. The van der Waals surface area contributed by atoms with E-state index in [0.717, 1.165) is 0 Å². The van der Waals surface area contributed by atoms with Crippen LogP contribution in [0.1, 0.15) is 56.3 Å². The van der Waals surface area contributed by atoms with E-state index in [4.69, 9.17) is 9.47 Å². The van der Waals surface area contributed by atoms with Crippen molar-refractivity contribution in [2.24, 2.45) is 5.92 Å². The predicted octanol–water partition coefficient (Wildman–Crippen LogP) is 3.88. The van der Waals surface area contributed by atoms with Crippen molar-refractivity contribution in [1.29, 1.82) is 0 Å². The molecule has 0 radical (unpaired) electrons. The predicted molar refractivity (Wildman–Crippen MR) is 87.8 cm³/mol. The molecular formula is C18H23NO5. The summed E-state index contributed by atoms with van der Waals surface area (Å²) in [5.41, 5.74) is -0.396. The van der Waals surface area contributed by atoms with Gasteiger partial charge in [-0.1, -0.05) is 19.3 Å². The molecule has 0 amide bonds. The van der Waals surface area contributed by atoms with Gasteiger partial charge in [-0.2, -0.15) is 0 Å². The Morgan fingerprint density at radius 2 is 1.88 bits per heavy atom. The SMILES string of the molecule is C[C@@]1(C2CCCCC2)O[C@@]1(C)COC(=O)c1ccc([N+](=O)[O-])cc1. The summed E-state index contributed by atoms with van der Waals surface area (Å²) in [5, 5.41) is 10.6. The highest BCUT2D eigenvalue weighted by atomic mass is 16.7. The third-order valence-corrected chi connectivity index (χ3v) is 5.62. The van der Waals surface area contributed by atoms with Crippen molar-refractivity contribution >= 4 is 11.7 Å². The smallest absolute Gasteiger partial charge is 0.338 e. The van der Waals surface area contributed by atoms with Crippen LogP contribution in [-0.2, 0) is 9.47 Å². The number of benzene rings is 1. The Balaban J connectivity index is 1.57. The van der Waals surface area contributed by atoms with E-state index in [1.807, 2.05) is 6.92 Å². The van der Waals surface area contributed by atoms with E-state index in [9.17, 15) is 14.9 Å². The molecule has 1 aromatic rings. The first-order chi connectivity index (χ1) is 11.4. The molecule has 0 bridgehead atoms. The van der Waals surface area contributed by atoms with Gasteiger partial charge in [-0.05, 0) is 44.7 Å². The fourth-order valence-electron chi connectivity index (χ4n) is 3.79. The van der Waals surface area contributed by atoms with Crippen molar-refractivity contribution in [2.75, 3.05) is 6.61 Å². The van der Waals surface area contributed by atoms with E-state index in [1.54, 1.807) is 0 Å². The van der Waals surface area contributed by atoms with Gasteiger partial charge in [-0.25, -0.2) is 4.79 Å². The number of nitro groups is 1. The average molecular weight is 333 g/mol. The van der Waals surface area contributed by atoms with E-state index in [2.05, 4.69) is 6.92 Å². The molecule has 1 heterocycles. The summed E-state index contributed by atoms with van der Waals surface area (Å²) in [6.07, 6.45) is 6.10. The highest BCUT2D eigenvalue weighted by Gasteiger charge is 2.67. The number of non-ortho nitro benzene ring substituents is 1. The largest absolute Gasteiger partial charge is 0.459 e. The van der Waals surface area contributed by atoms with E-state index in [0.29, 0.717) is 11.5 Å². The molecule has 24 heavy (non-hydrogen) atoms. The van der Waals surface area contributed by atoms with Crippen LogP contribution in [0.25, 0.3) is 0 Å². The van der Waals surface area contributed by atoms with Crippen molar-refractivity contribution in [3.8, 4) is 0 Å². The third-order valence-electron chi connectivity index (χ3n) is 5.62. The molecule has 2 atom stereocenters. The lowest BCUT2D eigenvalue weighted by molar-refractivity contribution is -0.384. The first kappa shape index (κ1) is 16.9. The topological polar surface area (TPSA) is 82.0 Å². The lowest BCUT2D eigenvalue weighted by Crippen LogP contribution is -2.34. The van der Waals surface area contributed by atoms with Gasteiger partial charge in [-0.15, -0.1) is 0 Å². The Morgan fingerprint density at radius 3 is 2.46 bits per heavy atom. The second-order valence-corrected chi connectivity index (χ2v) is 7.16. The lowest BCUT2D eigenvalue weighted by Gasteiger charge is -2.27. The second kappa shape index (κ2) is 6.16. The number of esters is 1. The molecule has 3 rings (SSSR count). The number of hydrogen-bond acceptors (Lipinski definition) is 5. The summed E-state index contributed by atoms with van der Waals surface area (Å²) in [5.74, 6) is 0.0435. The number of hydrogen-bond donors (Lipinski definition) is 0. The van der Waals surface area contributed by atoms with Crippen LogP contribution in [0.15, 0.2) is 24.3 Å². The number of rotatable bonds is 5. The molecule has 130 valence electrons. The van der Waals surface area contributed by atoms with Crippen molar-refractivity contribution in [2.45, 2.75) is 57.2 Å². The van der Waals surface area contributed by atoms with Crippen LogP contribution in [-0.4, -0.2) is 28.7 Å². The number of carbonyl (C=O) groups is 1. The van der Waals surface area contributed by atoms with Crippen molar-refractivity contribution < 1.29 is 19.2 Å². The second-order valence-electron chi connectivity index (χ2n) is 7.16. The van der Waals surface area contributed by atoms with Gasteiger partial charge >= 0.3 is 5.97 Å². The van der Waals surface area contributed by atoms with Crippen LogP contribution in [0.4, 0.5) is 5.69 Å².